The molecule has 1 aromatic carbocycles. The largest absolute Gasteiger partial charge is 0.477 e. The lowest BCUT2D eigenvalue weighted by molar-refractivity contribution is 0.330. The van der Waals surface area contributed by atoms with Gasteiger partial charge in [-0.25, -0.2) is 9.37 Å². The molecule has 5 heteroatoms. The molecular formula is C10H8ClFN2O. The molecule has 3 nitrogen and oxygen atoms in total. The molecule has 0 radical (unpaired) electrons. The van der Waals surface area contributed by atoms with E-state index in [0.29, 0.717) is 12.1 Å². The van der Waals surface area contributed by atoms with Crippen LogP contribution in [0.5, 0.6) is 5.88 Å². The molecule has 2 rings (SSSR count). The van der Waals surface area contributed by atoms with Crippen molar-refractivity contribution in [2.75, 3.05) is 6.61 Å². The van der Waals surface area contributed by atoms with Crippen molar-refractivity contribution in [3.05, 3.63) is 29.3 Å². The van der Waals surface area contributed by atoms with Crippen molar-refractivity contribution in [2.45, 2.75) is 6.92 Å². The van der Waals surface area contributed by atoms with Crippen LogP contribution in [0.15, 0.2) is 18.2 Å². The lowest BCUT2D eigenvalue weighted by Crippen LogP contribution is -1.98. The number of rotatable bonds is 2. The highest BCUT2D eigenvalue weighted by Crippen LogP contribution is 2.26. The minimum absolute atomic E-state index is 0.0524. The fraction of sp³-hybridized carbons (Fsp3) is 0.200. The van der Waals surface area contributed by atoms with E-state index in [1.807, 2.05) is 0 Å². The van der Waals surface area contributed by atoms with Gasteiger partial charge >= 0.3 is 0 Å². The molecule has 0 saturated carbocycles. The Morgan fingerprint density at radius 1 is 1.40 bits per heavy atom. The Morgan fingerprint density at radius 3 is 2.93 bits per heavy atom. The van der Waals surface area contributed by atoms with Crippen LogP contribution < -0.4 is 4.74 Å². The Kier molecular flexibility index (Phi) is 2.68. The van der Waals surface area contributed by atoms with E-state index in [1.165, 1.54) is 6.07 Å². The number of aromatic nitrogens is 2. The van der Waals surface area contributed by atoms with Crippen LogP contribution in [0.1, 0.15) is 6.92 Å². The van der Waals surface area contributed by atoms with Crippen molar-refractivity contribution in [2.24, 2.45) is 0 Å². The number of fused-ring (bicyclic) bond motifs is 1. The SMILES string of the molecule is CCOc1nc(Cl)nc2cccc(F)c12. The summed E-state index contributed by atoms with van der Waals surface area (Å²) in [5.74, 6) is -0.224. The first-order valence-corrected chi connectivity index (χ1v) is 4.84. The maximum Gasteiger partial charge on any atom is 0.228 e. The van der Waals surface area contributed by atoms with Gasteiger partial charge in [0, 0.05) is 0 Å². The Bertz CT molecular complexity index is 504. The standard InChI is InChI=1S/C10H8ClFN2O/c1-2-15-9-8-6(12)4-3-5-7(8)13-10(11)14-9/h3-5H,2H2,1H3. The van der Waals surface area contributed by atoms with Crippen molar-refractivity contribution in [1.29, 1.82) is 0 Å². The van der Waals surface area contributed by atoms with Gasteiger partial charge in [0.25, 0.3) is 0 Å². The third kappa shape index (κ3) is 1.85. The van der Waals surface area contributed by atoms with E-state index >= 15 is 0 Å². The van der Waals surface area contributed by atoms with E-state index in [0.717, 1.165) is 0 Å². The Balaban J connectivity index is 2.76. The first-order chi connectivity index (χ1) is 7.22. The molecule has 0 aliphatic heterocycles. The summed E-state index contributed by atoms with van der Waals surface area (Å²) in [6, 6.07) is 4.56. The second-order valence-electron chi connectivity index (χ2n) is 2.86. The van der Waals surface area contributed by atoms with Gasteiger partial charge in [-0.2, -0.15) is 4.98 Å². The maximum atomic E-state index is 13.5. The molecule has 0 aliphatic rings. The second-order valence-corrected chi connectivity index (χ2v) is 3.20. The van der Waals surface area contributed by atoms with Crippen LogP contribution >= 0.6 is 11.6 Å². The van der Waals surface area contributed by atoms with Crippen LogP contribution in [0, 0.1) is 5.82 Å². The summed E-state index contributed by atoms with van der Waals surface area (Å²) in [6.07, 6.45) is 0. The van der Waals surface area contributed by atoms with E-state index in [9.17, 15) is 4.39 Å². The smallest absolute Gasteiger partial charge is 0.228 e. The van der Waals surface area contributed by atoms with Gasteiger partial charge < -0.3 is 4.74 Å². The summed E-state index contributed by atoms with van der Waals surface area (Å²) in [5.41, 5.74) is 0.443. The van der Waals surface area contributed by atoms with Crippen LogP contribution in [0.4, 0.5) is 4.39 Å². The average Bonchev–Trinajstić information content (AvgIpc) is 2.17. The van der Waals surface area contributed by atoms with Crippen molar-refractivity contribution >= 4 is 22.5 Å². The van der Waals surface area contributed by atoms with Crippen LogP contribution in [0.3, 0.4) is 0 Å². The third-order valence-electron chi connectivity index (χ3n) is 1.89. The van der Waals surface area contributed by atoms with E-state index in [-0.39, 0.29) is 16.5 Å². The van der Waals surface area contributed by atoms with Crippen molar-refractivity contribution in [3.63, 3.8) is 0 Å². The molecule has 0 saturated heterocycles. The minimum Gasteiger partial charge on any atom is -0.477 e. The highest BCUT2D eigenvalue weighted by Gasteiger charge is 2.11. The van der Waals surface area contributed by atoms with Crippen molar-refractivity contribution in [3.8, 4) is 5.88 Å². The number of hydrogen-bond donors (Lipinski definition) is 0. The van der Waals surface area contributed by atoms with E-state index in [2.05, 4.69) is 9.97 Å². The number of ether oxygens (including phenoxy) is 1. The predicted molar refractivity (Wildman–Crippen MR) is 55.7 cm³/mol. The molecule has 0 fully saturated rings. The number of benzene rings is 1. The average molecular weight is 227 g/mol. The molecular weight excluding hydrogens is 219 g/mol. The molecule has 0 N–H and O–H groups in total. The summed E-state index contributed by atoms with van der Waals surface area (Å²) in [7, 11) is 0. The van der Waals surface area contributed by atoms with Crippen LogP contribution in [-0.4, -0.2) is 16.6 Å². The molecule has 0 bridgehead atoms. The molecule has 0 atom stereocenters. The molecule has 1 heterocycles. The zero-order valence-electron chi connectivity index (χ0n) is 8.00. The van der Waals surface area contributed by atoms with Gasteiger partial charge in [0.05, 0.1) is 17.5 Å². The zero-order chi connectivity index (χ0) is 10.8. The highest BCUT2D eigenvalue weighted by atomic mass is 35.5. The Hall–Kier alpha value is -1.42. The Labute approximate surface area is 90.9 Å². The first kappa shape index (κ1) is 10.1. The fourth-order valence-corrected chi connectivity index (χ4v) is 1.49. The highest BCUT2D eigenvalue weighted by molar-refractivity contribution is 6.28. The van der Waals surface area contributed by atoms with E-state index in [1.54, 1.807) is 19.1 Å². The quantitative estimate of drug-likeness (QED) is 0.739. The normalized spacial score (nSPS) is 10.6. The Morgan fingerprint density at radius 2 is 2.20 bits per heavy atom. The summed E-state index contributed by atoms with van der Waals surface area (Å²) in [6.45, 7) is 2.19. The number of hydrogen-bond acceptors (Lipinski definition) is 3. The molecule has 15 heavy (non-hydrogen) atoms. The summed E-state index contributed by atoms with van der Waals surface area (Å²) < 4.78 is 18.7. The van der Waals surface area contributed by atoms with E-state index in [4.69, 9.17) is 16.3 Å². The lowest BCUT2D eigenvalue weighted by atomic mass is 10.2. The topological polar surface area (TPSA) is 35.0 Å². The minimum atomic E-state index is -0.410. The molecule has 0 spiro atoms. The predicted octanol–water partition coefficient (Wildman–Crippen LogP) is 2.82. The van der Waals surface area contributed by atoms with Gasteiger partial charge in [0.2, 0.25) is 11.2 Å². The number of halogens is 2. The lowest BCUT2D eigenvalue weighted by Gasteiger charge is -2.06. The number of nitrogens with zero attached hydrogens (tertiary/aromatic N) is 2. The molecule has 0 aliphatic carbocycles. The molecule has 2 aromatic rings. The van der Waals surface area contributed by atoms with Gasteiger partial charge in [-0.3, -0.25) is 0 Å². The first-order valence-electron chi connectivity index (χ1n) is 4.47. The van der Waals surface area contributed by atoms with Crippen LogP contribution in [0.25, 0.3) is 10.9 Å². The van der Waals surface area contributed by atoms with Gasteiger partial charge in [-0.15, -0.1) is 0 Å². The zero-order valence-corrected chi connectivity index (χ0v) is 8.75. The monoisotopic (exact) mass is 226 g/mol. The summed E-state index contributed by atoms with van der Waals surface area (Å²) in [5, 5.41) is 0.320. The summed E-state index contributed by atoms with van der Waals surface area (Å²) >= 11 is 5.69. The van der Waals surface area contributed by atoms with Crippen molar-refractivity contribution in [1.82, 2.24) is 9.97 Å². The molecule has 78 valence electrons. The second kappa shape index (κ2) is 3.98. The van der Waals surface area contributed by atoms with Crippen LogP contribution in [-0.2, 0) is 0 Å². The van der Waals surface area contributed by atoms with Crippen LogP contribution in [0.2, 0.25) is 5.28 Å². The maximum absolute atomic E-state index is 13.5. The van der Waals surface area contributed by atoms with E-state index < -0.39 is 5.82 Å². The molecule has 1 aromatic heterocycles. The van der Waals surface area contributed by atoms with Gasteiger partial charge in [0.15, 0.2) is 0 Å². The fourth-order valence-electron chi connectivity index (χ4n) is 1.32. The van der Waals surface area contributed by atoms with Gasteiger partial charge in [0.1, 0.15) is 5.82 Å². The summed E-state index contributed by atoms with van der Waals surface area (Å²) in [4.78, 5) is 7.76. The van der Waals surface area contributed by atoms with Gasteiger partial charge in [-0.05, 0) is 30.7 Å². The molecule has 0 amide bonds. The van der Waals surface area contributed by atoms with Crippen molar-refractivity contribution < 1.29 is 9.13 Å². The third-order valence-corrected chi connectivity index (χ3v) is 2.06. The van der Waals surface area contributed by atoms with Gasteiger partial charge in [-0.1, -0.05) is 6.07 Å². The molecule has 0 unspecified atom stereocenters.